The molecule has 19 heavy (non-hydrogen) atoms. The molecular formula is C13H12Cl3NO2. The van der Waals surface area contributed by atoms with Gasteiger partial charge in [-0.25, -0.2) is 0 Å². The Morgan fingerprint density at radius 1 is 1.11 bits per heavy atom. The van der Waals surface area contributed by atoms with Crippen molar-refractivity contribution in [2.24, 2.45) is 0 Å². The molecule has 0 spiro atoms. The highest BCUT2D eigenvalue weighted by Crippen LogP contribution is 2.33. The minimum atomic E-state index is 0.414. The Morgan fingerprint density at radius 3 is 2.63 bits per heavy atom. The number of benzene rings is 1. The molecule has 0 aliphatic rings. The third-order valence-corrected chi connectivity index (χ3v) is 3.44. The Kier molecular flexibility index (Phi) is 5.40. The molecule has 0 saturated heterocycles. The number of ether oxygens (including phenoxy) is 1. The van der Waals surface area contributed by atoms with Gasteiger partial charge in [0.05, 0.1) is 27.6 Å². The van der Waals surface area contributed by atoms with E-state index in [0.717, 1.165) is 12.1 Å². The fourth-order valence-corrected chi connectivity index (χ4v) is 2.07. The van der Waals surface area contributed by atoms with E-state index in [4.69, 9.17) is 44.0 Å². The van der Waals surface area contributed by atoms with Crippen molar-refractivity contribution in [3.63, 3.8) is 0 Å². The molecule has 1 aromatic carbocycles. The Hall–Kier alpha value is -0.870. The lowest BCUT2D eigenvalue weighted by Crippen LogP contribution is -2.20. The zero-order valence-electron chi connectivity index (χ0n) is 9.96. The van der Waals surface area contributed by atoms with Crippen LogP contribution in [0.25, 0.3) is 0 Å². The van der Waals surface area contributed by atoms with Crippen molar-refractivity contribution in [2.45, 2.75) is 6.54 Å². The minimum Gasteiger partial charge on any atom is -0.491 e. The molecule has 0 bridgehead atoms. The molecule has 2 rings (SSSR count). The summed E-state index contributed by atoms with van der Waals surface area (Å²) in [6.07, 6.45) is 3.34. The average molecular weight is 321 g/mol. The highest BCUT2D eigenvalue weighted by Gasteiger charge is 2.06. The lowest BCUT2D eigenvalue weighted by Gasteiger charge is -2.09. The zero-order chi connectivity index (χ0) is 13.7. The third-order valence-electron chi connectivity index (χ3n) is 2.42. The molecule has 1 N–H and O–H groups in total. The molecule has 0 atom stereocenters. The summed E-state index contributed by atoms with van der Waals surface area (Å²) in [4.78, 5) is 0. The molecule has 1 aromatic heterocycles. The minimum absolute atomic E-state index is 0.414. The first kappa shape index (κ1) is 14.5. The maximum Gasteiger partial charge on any atom is 0.139 e. The Morgan fingerprint density at radius 2 is 1.89 bits per heavy atom. The molecule has 1 heterocycles. The molecule has 0 fully saturated rings. The van der Waals surface area contributed by atoms with Gasteiger partial charge in [-0.15, -0.1) is 0 Å². The number of hydrogen-bond acceptors (Lipinski definition) is 3. The van der Waals surface area contributed by atoms with Crippen molar-refractivity contribution in [3.05, 3.63) is 51.4 Å². The van der Waals surface area contributed by atoms with E-state index in [1.54, 1.807) is 24.7 Å². The van der Waals surface area contributed by atoms with Crippen molar-refractivity contribution in [1.82, 2.24) is 5.32 Å². The molecule has 102 valence electrons. The van der Waals surface area contributed by atoms with Crippen LogP contribution in [0.15, 0.2) is 35.1 Å². The van der Waals surface area contributed by atoms with Gasteiger partial charge in [0.25, 0.3) is 0 Å². The largest absolute Gasteiger partial charge is 0.491 e. The van der Waals surface area contributed by atoms with E-state index < -0.39 is 0 Å². The van der Waals surface area contributed by atoms with Crippen LogP contribution >= 0.6 is 34.8 Å². The Balaban J connectivity index is 1.75. The number of halogens is 3. The van der Waals surface area contributed by atoms with Crippen molar-refractivity contribution in [3.8, 4) is 5.75 Å². The number of rotatable bonds is 6. The first-order chi connectivity index (χ1) is 9.16. The van der Waals surface area contributed by atoms with E-state index in [-0.39, 0.29) is 0 Å². The van der Waals surface area contributed by atoms with Crippen LogP contribution in [-0.4, -0.2) is 13.2 Å². The lowest BCUT2D eigenvalue weighted by molar-refractivity contribution is 0.314. The van der Waals surface area contributed by atoms with Crippen LogP contribution in [0.2, 0.25) is 15.1 Å². The highest BCUT2D eigenvalue weighted by atomic mass is 35.5. The van der Waals surface area contributed by atoms with Gasteiger partial charge in [-0.1, -0.05) is 34.8 Å². The maximum atomic E-state index is 5.99. The van der Waals surface area contributed by atoms with Crippen LogP contribution < -0.4 is 10.1 Å². The summed E-state index contributed by atoms with van der Waals surface area (Å²) in [6, 6.07) is 5.09. The van der Waals surface area contributed by atoms with Gasteiger partial charge in [0.15, 0.2) is 0 Å². The van der Waals surface area contributed by atoms with Crippen LogP contribution in [0.1, 0.15) is 5.56 Å². The summed E-state index contributed by atoms with van der Waals surface area (Å²) in [6.45, 7) is 1.90. The zero-order valence-corrected chi connectivity index (χ0v) is 12.2. The van der Waals surface area contributed by atoms with Gasteiger partial charge in [0.1, 0.15) is 12.4 Å². The Bertz CT molecular complexity index is 529. The van der Waals surface area contributed by atoms with Crippen molar-refractivity contribution in [1.29, 1.82) is 0 Å². The quantitative estimate of drug-likeness (QED) is 0.632. The number of nitrogens with one attached hydrogen (secondary N) is 1. The van der Waals surface area contributed by atoms with Gasteiger partial charge < -0.3 is 14.5 Å². The van der Waals surface area contributed by atoms with Crippen LogP contribution in [0.4, 0.5) is 0 Å². The monoisotopic (exact) mass is 319 g/mol. The van der Waals surface area contributed by atoms with Crippen LogP contribution in [-0.2, 0) is 6.54 Å². The maximum absolute atomic E-state index is 5.99. The van der Waals surface area contributed by atoms with Gasteiger partial charge in [-0.3, -0.25) is 0 Å². The van der Waals surface area contributed by atoms with E-state index in [2.05, 4.69) is 5.32 Å². The third kappa shape index (κ3) is 4.32. The van der Waals surface area contributed by atoms with Crippen molar-refractivity contribution in [2.75, 3.05) is 13.2 Å². The first-order valence-electron chi connectivity index (χ1n) is 5.66. The van der Waals surface area contributed by atoms with E-state index in [1.807, 2.05) is 6.07 Å². The number of furan rings is 1. The van der Waals surface area contributed by atoms with Crippen LogP contribution in [0.3, 0.4) is 0 Å². The molecule has 0 unspecified atom stereocenters. The standard InChI is InChI=1S/C13H12Cl3NO2/c14-10-5-12(16)13(6-11(10)15)19-4-2-17-7-9-1-3-18-8-9/h1,3,5-6,8,17H,2,4,7H2. The fourth-order valence-electron chi connectivity index (χ4n) is 1.47. The molecule has 0 aliphatic heterocycles. The molecule has 0 amide bonds. The van der Waals surface area contributed by atoms with Gasteiger partial charge in [-0.05, 0) is 12.1 Å². The molecular weight excluding hydrogens is 309 g/mol. The van der Waals surface area contributed by atoms with Gasteiger partial charge in [-0.2, -0.15) is 0 Å². The van der Waals surface area contributed by atoms with Crippen LogP contribution in [0.5, 0.6) is 5.75 Å². The average Bonchev–Trinajstić information content (AvgIpc) is 2.88. The summed E-state index contributed by atoms with van der Waals surface area (Å²) in [7, 11) is 0. The highest BCUT2D eigenvalue weighted by molar-refractivity contribution is 6.43. The summed E-state index contributed by atoms with van der Waals surface area (Å²) in [5.41, 5.74) is 1.09. The van der Waals surface area contributed by atoms with E-state index >= 15 is 0 Å². The topological polar surface area (TPSA) is 34.4 Å². The molecule has 3 nitrogen and oxygen atoms in total. The van der Waals surface area contributed by atoms with Gasteiger partial charge in [0, 0.05) is 24.7 Å². The predicted molar refractivity (Wildman–Crippen MR) is 77.4 cm³/mol. The fraction of sp³-hybridized carbons (Fsp3) is 0.231. The second-order valence-corrected chi connectivity index (χ2v) is 5.08. The van der Waals surface area contributed by atoms with E-state index in [1.165, 1.54) is 0 Å². The normalized spacial score (nSPS) is 10.7. The molecule has 0 radical (unpaired) electrons. The smallest absolute Gasteiger partial charge is 0.139 e. The van der Waals surface area contributed by atoms with Gasteiger partial charge in [0.2, 0.25) is 0 Å². The molecule has 2 aromatic rings. The van der Waals surface area contributed by atoms with Crippen molar-refractivity contribution < 1.29 is 9.15 Å². The number of hydrogen-bond donors (Lipinski definition) is 1. The molecule has 0 saturated carbocycles. The van der Waals surface area contributed by atoms with Crippen molar-refractivity contribution >= 4 is 34.8 Å². The SMILES string of the molecule is Clc1cc(Cl)c(OCCNCc2ccoc2)cc1Cl. The predicted octanol–water partition coefficient (Wildman–Crippen LogP) is 4.41. The summed E-state index contributed by atoms with van der Waals surface area (Å²) in [5, 5.41) is 4.50. The lowest BCUT2D eigenvalue weighted by atomic mass is 10.3. The Labute approximate surface area is 126 Å². The first-order valence-corrected chi connectivity index (χ1v) is 6.79. The second kappa shape index (κ2) is 7.06. The summed E-state index contributed by atoms with van der Waals surface area (Å²) >= 11 is 17.7. The second-order valence-electron chi connectivity index (χ2n) is 3.85. The van der Waals surface area contributed by atoms with Crippen LogP contribution in [0, 0.1) is 0 Å². The molecule has 0 aliphatic carbocycles. The summed E-state index contributed by atoms with van der Waals surface area (Å²) < 4.78 is 10.5. The van der Waals surface area contributed by atoms with E-state index in [9.17, 15) is 0 Å². The van der Waals surface area contributed by atoms with E-state index in [0.29, 0.717) is 34.0 Å². The molecule has 6 heteroatoms. The van der Waals surface area contributed by atoms with Gasteiger partial charge >= 0.3 is 0 Å². The summed E-state index contributed by atoms with van der Waals surface area (Å²) in [5.74, 6) is 0.529.